The summed E-state index contributed by atoms with van der Waals surface area (Å²) in [5.41, 5.74) is 10.5. The predicted molar refractivity (Wildman–Crippen MR) is 160 cm³/mol. The predicted octanol–water partition coefficient (Wildman–Crippen LogP) is 7.21. The molecular formula is C33H40N4. The Morgan fingerprint density at radius 1 is 1.08 bits per heavy atom. The Labute approximate surface area is 222 Å². The topological polar surface area (TPSA) is 31.7 Å². The van der Waals surface area contributed by atoms with E-state index in [9.17, 15) is 0 Å². The molecule has 3 aromatic rings. The Balaban J connectivity index is 1.79. The first-order valence-electron chi connectivity index (χ1n) is 13.3. The van der Waals surface area contributed by atoms with E-state index in [2.05, 4.69) is 86.7 Å². The summed E-state index contributed by atoms with van der Waals surface area (Å²) in [6.07, 6.45) is 10.3. The van der Waals surface area contributed by atoms with Crippen LogP contribution in [-0.2, 0) is 13.1 Å². The summed E-state index contributed by atoms with van der Waals surface area (Å²) in [5, 5.41) is 1.15. The van der Waals surface area contributed by atoms with Crippen molar-refractivity contribution in [1.29, 1.82) is 0 Å². The van der Waals surface area contributed by atoms with E-state index in [1.807, 2.05) is 18.3 Å². The second kappa shape index (κ2) is 12.2. The smallest absolute Gasteiger partial charge is 0.0744 e. The van der Waals surface area contributed by atoms with Gasteiger partial charge in [0.05, 0.1) is 17.8 Å². The molecule has 0 radical (unpaired) electrons. The number of hydrogen-bond donors (Lipinski definition) is 0. The molecule has 37 heavy (non-hydrogen) atoms. The quantitative estimate of drug-likeness (QED) is 0.283. The normalized spacial score (nSPS) is 13.2. The molecule has 1 aliphatic rings. The minimum atomic E-state index is 0.765. The third-order valence-corrected chi connectivity index (χ3v) is 7.11. The third kappa shape index (κ3) is 6.08. The second-order valence-corrected chi connectivity index (χ2v) is 10.1. The zero-order chi connectivity index (χ0) is 26.4. The Morgan fingerprint density at radius 3 is 2.54 bits per heavy atom. The van der Waals surface area contributed by atoms with E-state index in [-0.39, 0.29) is 0 Å². The zero-order valence-corrected chi connectivity index (χ0v) is 22.9. The minimum absolute atomic E-state index is 0.765. The largest absolute Gasteiger partial charge is 0.366 e. The lowest BCUT2D eigenvalue weighted by Crippen LogP contribution is -2.30. The van der Waals surface area contributed by atoms with Crippen LogP contribution in [0.4, 0.5) is 0 Å². The van der Waals surface area contributed by atoms with Crippen molar-refractivity contribution in [2.45, 2.75) is 46.7 Å². The summed E-state index contributed by atoms with van der Waals surface area (Å²) in [6.45, 7) is 19.6. The van der Waals surface area contributed by atoms with Gasteiger partial charge >= 0.3 is 0 Å². The number of aryl methyl sites for hydroxylation is 2. The molecule has 0 saturated heterocycles. The lowest BCUT2D eigenvalue weighted by Gasteiger charge is -2.31. The summed E-state index contributed by atoms with van der Waals surface area (Å²) in [7, 11) is 2.19. The fourth-order valence-electron chi connectivity index (χ4n) is 5.25. The van der Waals surface area contributed by atoms with Crippen molar-refractivity contribution in [3.8, 4) is 0 Å². The Kier molecular flexibility index (Phi) is 8.73. The van der Waals surface area contributed by atoms with Crippen molar-refractivity contribution < 1.29 is 0 Å². The molecule has 0 amide bonds. The van der Waals surface area contributed by atoms with Crippen molar-refractivity contribution in [3.05, 3.63) is 101 Å². The van der Waals surface area contributed by atoms with E-state index in [1.165, 1.54) is 27.8 Å². The van der Waals surface area contributed by atoms with Crippen LogP contribution in [0.2, 0.25) is 0 Å². The molecule has 0 bridgehead atoms. The highest BCUT2D eigenvalue weighted by Gasteiger charge is 2.23. The van der Waals surface area contributed by atoms with Gasteiger partial charge in [0.15, 0.2) is 0 Å². The van der Waals surface area contributed by atoms with Gasteiger partial charge in [-0.1, -0.05) is 68.1 Å². The standard InChI is InChI=1S/C33H40N4/c1-7-20-37(22-28-12-9-10-18-34-28)26(5)32-30-13-11-19-35-33(30)25(4)29(8-2)31(32)23-36(6)21-27-16-14-24(3)15-17-27/h8-9,11-17,19H,2,5,7,10,18,20-23H2,1,3-4,6H3. The van der Waals surface area contributed by atoms with Gasteiger partial charge in [-0.15, -0.1) is 0 Å². The van der Waals surface area contributed by atoms with Crippen molar-refractivity contribution >= 4 is 28.4 Å². The maximum atomic E-state index is 4.79. The van der Waals surface area contributed by atoms with Gasteiger partial charge in [0.25, 0.3) is 0 Å². The molecule has 4 heteroatoms. The first kappa shape index (κ1) is 26.6. The number of fused-ring (bicyclic) bond motifs is 1. The summed E-state index contributed by atoms with van der Waals surface area (Å²) in [5.74, 6) is 0. The molecule has 192 valence electrons. The molecule has 0 aliphatic carbocycles. The van der Waals surface area contributed by atoms with Crippen LogP contribution in [0.1, 0.15) is 53.1 Å². The molecule has 2 heterocycles. The number of hydrogen-bond acceptors (Lipinski definition) is 4. The van der Waals surface area contributed by atoms with Gasteiger partial charge in [-0.25, -0.2) is 0 Å². The van der Waals surface area contributed by atoms with Crippen LogP contribution in [-0.4, -0.2) is 47.2 Å². The number of nitrogens with zero attached hydrogens (tertiary/aromatic N) is 4. The van der Waals surface area contributed by atoms with Crippen molar-refractivity contribution in [3.63, 3.8) is 0 Å². The highest BCUT2D eigenvalue weighted by Crippen LogP contribution is 2.36. The molecule has 0 fully saturated rings. The number of aliphatic imine (C=N–C) groups is 1. The van der Waals surface area contributed by atoms with Crippen LogP contribution < -0.4 is 0 Å². The maximum Gasteiger partial charge on any atom is 0.0744 e. The zero-order valence-electron chi connectivity index (χ0n) is 22.9. The molecule has 1 aromatic heterocycles. The van der Waals surface area contributed by atoms with E-state index in [4.69, 9.17) is 16.6 Å². The average Bonchev–Trinajstić information content (AvgIpc) is 2.90. The molecule has 0 atom stereocenters. The molecule has 4 rings (SSSR count). The first-order chi connectivity index (χ1) is 17.9. The molecule has 2 aromatic carbocycles. The molecule has 0 saturated carbocycles. The number of aromatic nitrogens is 1. The number of dihydropyridines is 1. The van der Waals surface area contributed by atoms with Crippen LogP contribution >= 0.6 is 0 Å². The summed E-state index contributed by atoms with van der Waals surface area (Å²) >= 11 is 0. The highest BCUT2D eigenvalue weighted by molar-refractivity contribution is 6.00. The van der Waals surface area contributed by atoms with Gasteiger partial charge in [0.1, 0.15) is 0 Å². The number of benzene rings is 2. The minimum Gasteiger partial charge on any atom is -0.366 e. The van der Waals surface area contributed by atoms with Gasteiger partial charge in [-0.2, -0.15) is 0 Å². The van der Waals surface area contributed by atoms with E-state index in [1.54, 1.807) is 0 Å². The SMILES string of the molecule is C=Cc1c(CN(C)Cc2ccc(C)cc2)c(C(=C)N(CCC)CC2=NCCC=C2)c2cccnc2c1C. The maximum absolute atomic E-state index is 4.79. The number of rotatable bonds is 11. The van der Waals surface area contributed by atoms with Crippen LogP contribution in [0.25, 0.3) is 22.7 Å². The van der Waals surface area contributed by atoms with E-state index >= 15 is 0 Å². The fraction of sp³-hybridized carbons (Fsp3) is 0.333. The fourth-order valence-corrected chi connectivity index (χ4v) is 5.25. The number of pyridine rings is 1. The van der Waals surface area contributed by atoms with E-state index < -0.39 is 0 Å². The summed E-state index contributed by atoms with van der Waals surface area (Å²) in [4.78, 5) is 14.3. The highest BCUT2D eigenvalue weighted by atomic mass is 15.1. The summed E-state index contributed by atoms with van der Waals surface area (Å²) < 4.78 is 0. The molecule has 4 nitrogen and oxygen atoms in total. The van der Waals surface area contributed by atoms with Gasteiger partial charge in [0.2, 0.25) is 0 Å². The second-order valence-electron chi connectivity index (χ2n) is 10.1. The first-order valence-corrected chi connectivity index (χ1v) is 13.3. The van der Waals surface area contributed by atoms with Crippen molar-refractivity contribution in [1.82, 2.24) is 14.8 Å². The van der Waals surface area contributed by atoms with Crippen LogP contribution in [0, 0.1) is 13.8 Å². The lowest BCUT2D eigenvalue weighted by atomic mass is 9.89. The van der Waals surface area contributed by atoms with Crippen molar-refractivity contribution in [2.24, 2.45) is 4.99 Å². The van der Waals surface area contributed by atoms with E-state index in [0.29, 0.717) is 0 Å². The van der Waals surface area contributed by atoms with E-state index in [0.717, 1.165) is 73.4 Å². The van der Waals surface area contributed by atoms with Crippen LogP contribution in [0.3, 0.4) is 0 Å². The van der Waals surface area contributed by atoms with Crippen molar-refractivity contribution in [2.75, 3.05) is 26.7 Å². The van der Waals surface area contributed by atoms with Gasteiger partial charge in [0, 0.05) is 49.0 Å². The molecule has 0 spiro atoms. The van der Waals surface area contributed by atoms with Gasteiger partial charge in [-0.05, 0) is 68.1 Å². The monoisotopic (exact) mass is 492 g/mol. The molecule has 0 unspecified atom stereocenters. The van der Waals surface area contributed by atoms with Gasteiger partial charge in [-0.3, -0.25) is 14.9 Å². The molecule has 1 aliphatic heterocycles. The van der Waals surface area contributed by atoms with Gasteiger partial charge < -0.3 is 4.90 Å². The summed E-state index contributed by atoms with van der Waals surface area (Å²) in [6, 6.07) is 13.0. The van der Waals surface area contributed by atoms with Crippen LogP contribution in [0.5, 0.6) is 0 Å². The Morgan fingerprint density at radius 2 is 1.86 bits per heavy atom. The third-order valence-electron chi connectivity index (χ3n) is 7.11. The Bertz CT molecular complexity index is 1330. The molecule has 0 N–H and O–H groups in total. The molecular weight excluding hydrogens is 452 g/mol. The van der Waals surface area contributed by atoms with Crippen LogP contribution in [0.15, 0.2) is 72.9 Å². The average molecular weight is 493 g/mol. The lowest BCUT2D eigenvalue weighted by molar-refractivity contribution is 0.318. The Hall–Kier alpha value is -3.50.